The molecule has 3 aromatic rings. The molecule has 2 aromatic carbocycles. The van der Waals surface area contributed by atoms with Crippen molar-refractivity contribution in [3.8, 4) is 23.8 Å². The summed E-state index contributed by atoms with van der Waals surface area (Å²) >= 11 is 3.51. The molecular weight excluding hydrogens is 490 g/mol. The van der Waals surface area contributed by atoms with E-state index in [4.69, 9.17) is 25.4 Å². The number of benzene rings is 2. The van der Waals surface area contributed by atoms with Crippen LogP contribution in [0.2, 0.25) is 0 Å². The molecule has 1 atom stereocenters. The lowest BCUT2D eigenvalue weighted by atomic mass is 9.80. The molecule has 0 spiro atoms. The van der Waals surface area contributed by atoms with Gasteiger partial charge >= 0.3 is 11.9 Å². The average Bonchev–Trinajstić information content (AvgIpc) is 3.18. The first-order valence-electron chi connectivity index (χ1n) is 10.2. The molecule has 170 valence electrons. The van der Waals surface area contributed by atoms with E-state index >= 15 is 0 Å². The van der Waals surface area contributed by atoms with Crippen LogP contribution < -0.4 is 9.47 Å². The van der Waals surface area contributed by atoms with Crippen LogP contribution in [0.25, 0.3) is 10.9 Å². The van der Waals surface area contributed by atoms with Crippen LogP contribution >= 0.6 is 15.9 Å². The minimum Gasteiger partial charge on any atom is -0.493 e. The molecule has 1 aliphatic heterocycles. The summed E-state index contributed by atoms with van der Waals surface area (Å²) in [4.78, 5) is 29.4. The molecule has 1 aromatic heterocycles. The number of hydrogen-bond acceptors (Lipinski definition) is 6. The minimum absolute atomic E-state index is 0.0521. The van der Waals surface area contributed by atoms with Gasteiger partial charge in [-0.3, -0.25) is 9.59 Å². The van der Waals surface area contributed by atoms with Crippen molar-refractivity contribution in [1.82, 2.24) is 4.98 Å². The predicted octanol–water partition coefficient (Wildman–Crippen LogP) is 4.54. The number of carbonyl (C=O) groups excluding carboxylic acids is 2. The number of fused-ring (bicyclic) bond motifs is 1. The fraction of sp³-hybridized carbons (Fsp3) is 0.280. The molecule has 0 unspecified atom stereocenters. The molecule has 1 aliphatic rings. The summed E-state index contributed by atoms with van der Waals surface area (Å²) in [5, 5.41) is 0.871. The zero-order valence-electron chi connectivity index (χ0n) is 18.3. The largest absolute Gasteiger partial charge is 0.493 e. The molecule has 8 heteroatoms. The summed E-state index contributed by atoms with van der Waals surface area (Å²) in [6, 6.07) is 11.1. The van der Waals surface area contributed by atoms with E-state index in [1.807, 2.05) is 24.3 Å². The normalized spacial score (nSPS) is 16.6. The van der Waals surface area contributed by atoms with E-state index in [9.17, 15) is 9.59 Å². The van der Waals surface area contributed by atoms with Crippen LogP contribution in [0.15, 0.2) is 47.1 Å². The van der Waals surface area contributed by atoms with Gasteiger partial charge in [-0.2, -0.15) is 0 Å². The van der Waals surface area contributed by atoms with E-state index < -0.39 is 29.6 Å². The first-order chi connectivity index (χ1) is 15.8. The smallest absolute Gasteiger partial charge is 0.324 e. The van der Waals surface area contributed by atoms with Crippen molar-refractivity contribution in [3.05, 3.63) is 58.2 Å². The predicted molar refractivity (Wildman–Crippen MR) is 125 cm³/mol. The molecule has 4 rings (SSSR count). The van der Waals surface area contributed by atoms with E-state index in [0.717, 1.165) is 16.5 Å². The number of rotatable bonds is 6. The number of H-pyrrole nitrogens is 1. The number of carbonyl (C=O) groups is 2. The van der Waals surface area contributed by atoms with Crippen LogP contribution in [-0.4, -0.2) is 36.4 Å². The Bertz CT molecular complexity index is 1250. The van der Waals surface area contributed by atoms with Crippen LogP contribution in [0.5, 0.6) is 11.5 Å². The number of para-hydroxylation sites is 1. The highest BCUT2D eigenvalue weighted by Crippen LogP contribution is 2.45. The number of hydrogen-bond donors (Lipinski definition) is 1. The monoisotopic (exact) mass is 511 g/mol. The van der Waals surface area contributed by atoms with Crippen LogP contribution in [0.4, 0.5) is 0 Å². The molecular formula is C25H22BrNO6. The third kappa shape index (κ3) is 4.29. The lowest BCUT2D eigenvalue weighted by Crippen LogP contribution is -2.48. The second kappa shape index (κ2) is 8.83. The first-order valence-corrected chi connectivity index (χ1v) is 11.0. The van der Waals surface area contributed by atoms with E-state index in [1.165, 1.54) is 21.0 Å². The standard InChI is InChI=1S/C25H22BrNO6/c1-5-10-31-22-17(26)11-14(12-19(22)30-4)20(16-13-27-18-9-7-6-8-15(16)18)21-23(28)32-25(2,3)33-24(21)29/h1,6-9,11-13,20-21,27H,10H2,2-4H3/t20-/m1/s1. The second-order valence-corrected chi connectivity index (χ2v) is 8.87. The van der Waals surface area contributed by atoms with E-state index in [0.29, 0.717) is 21.5 Å². The number of terminal acetylenes is 1. The third-order valence-corrected chi connectivity index (χ3v) is 5.99. The Morgan fingerprint density at radius 3 is 2.58 bits per heavy atom. The molecule has 0 bridgehead atoms. The molecule has 0 amide bonds. The van der Waals surface area contributed by atoms with Crippen LogP contribution in [0.3, 0.4) is 0 Å². The minimum atomic E-state index is -1.33. The van der Waals surface area contributed by atoms with Crippen LogP contribution in [0.1, 0.15) is 30.9 Å². The van der Waals surface area contributed by atoms with Crippen molar-refractivity contribution < 1.29 is 28.5 Å². The summed E-state index contributed by atoms with van der Waals surface area (Å²) in [5.74, 6) is -1.34. The maximum Gasteiger partial charge on any atom is 0.324 e. The number of ether oxygens (including phenoxy) is 4. The van der Waals surface area contributed by atoms with Gasteiger partial charge < -0.3 is 23.9 Å². The summed E-state index contributed by atoms with van der Waals surface area (Å²) < 4.78 is 22.6. The number of aromatic amines is 1. The molecule has 7 nitrogen and oxygen atoms in total. The quantitative estimate of drug-likeness (QED) is 0.297. The van der Waals surface area contributed by atoms with Gasteiger partial charge in [0.1, 0.15) is 6.61 Å². The van der Waals surface area contributed by atoms with Gasteiger partial charge in [0.15, 0.2) is 17.4 Å². The Labute approximate surface area is 199 Å². The first kappa shape index (κ1) is 22.7. The average molecular weight is 512 g/mol. The van der Waals surface area contributed by atoms with Gasteiger partial charge in [-0.15, -0.1) is 6.42 Å². The topological polar surface area (TPSA) is 86.9 Å². The number of esters is 2. The van der Waals surface area contributed by atoms with E-state index in [2.05, 4.69) is 26.8 Å². The summed E-state index contributed by atoms with van der Waals surface area (Å²) in [5.41, 5.74) is 2.25. The van der Waals surface area contributed by atoms with Crippen molar-refractivity contribution in [3.63, 3.8) is 0 Å². The van der Waals surface area contributed by atoms with Gasteiger partial charge in [-0.05, 0) is 45.3 Å². The summed E-state index contributed by atoms with van der Waals surface area (Å²) in [6.07, 6.45) is 7.12. The molecule has 1 N–H and O–H groups in total. The Hall–Kier alpha value is -3.44. The van der Waals surface area contributed by atoms with Gasteiger partial charge in [0, 0.05) is 36.9 Å². The lowest BCUT2D eigenvalue weighted by Gasteiger charge is -2.36. The maximum atomic E-state index is 13.1. The SMILES string of the molecule is C#CCOc1c(Br)cc([C@H](c2c[nH]c3ccccc23)C2C(=O)OC(C)(C)OC2=O)cc1OC. The van der Waals surface area contributed by atoms with Gasteiger partial charge in [0.05, 0.1) is 11.6 Å². The highest BCUT2D eigenvalue weighted by molar-refractivity contribution is 9.10. The molecule has 1 fully saturated rings. The number of nitrogens with one attached hydrogen (secondary N) is 1. The molecule has 0 radical (unpaired) electrons. The molecule has 33 heavy (non-hydrogen) atoms. The number of cyclic esters (lactones) is 2. The fourth-order valence-electron chi connectivity index (χ4n) is 4.08. The zero-order valence-corrected chi connectivity index (χ0v) is 19.9. The van der Waals surface area contributed by atoms with Gasteiger partial charge in [-0.1, -0.05) is 24.1 Å². The highest BCUT2D eigenvalue weighted by atomic mass is 79.9. The van der Waals surface area contributed by atoms with Crippen molar-refractivity contribution in [1.29, 1.82) is 0 Å². The number of methoxy groups -OCH3 is 1. The second-order valence-electron chi connectivity index (χ2n) is 8.01. The third-order valence-electron chi connectivity index (χ3n) is 5.40. The molecule has 1 saturated heterocycles. The summed E-state index contributed by atoms with van der Waals surface area (Å²) in [7, 11) is 1.50. The molecule has 0 saturated carbocycles. The number of halogens is 1. The van der Waals surface area contributed by atoms with Crippen molar-refractivity contribution in [2.45, 2.75) is 25.6 Å². The van der Waals surface area contributed by atoms with E-state index in [-0.39, 0.29) is 6.61 Å². The van der Waals surface area contributed by atoms with Crippen molar-refractivity contribution in [2.24, 2.45) is 5.92 Å². The molecule has 2 heterocycles. The maximum absolute atomic E-state index is 13.1. The fourth-order valence-corrected chi connectivity index (χ4v) is 4.65. The van der Waals surface area contributed by atoms with Crippen molar-refractivity contribution >= 4 is 38.8 Å². The van der Waals surface area contributed by atoms with Crippen LogP contribution in [0, 0.1) is 18.3 Å². The lowest BCUT2D eigenvalue weighted by molar-refractivity contribution is -0.240. The van der Waals surface area contributed by atoms with Crippen molar-refractivity contribution in [2.75, 3.05) is 13.7 Å². The zero-order chi connectivity index (χ0) is 23.8. The van der Waals surface area contributed by atoms with E-state index in [1.54, 1.807) is 18.3 Å². The van der Waals surface area contributed by atoms with Gasteiger partial charge in [0.25, 0.3) is 5.79 Å². The Morgan fingerprint density at radius 1 is 1.21 bits per heavy atom. The molecule has 0 aliphatic carbocycles. The highest BCUT2D eigenvalue weighted by Gasteiger charge is 2.49. The summed E-state index contributed by atoms with van der Waals surface area (Å²) in [6.45, 7) is 3.10. The van der Waals surface area contributed by atoms with Crippen LogP contribution in [-0.2, 0) is 19.1 Å². The Morgan fingerprint density at radius 2 is 1.91 bits per heavy atom. The Kier molecular flexibility index (Phi) is 6.09. The van der Waals surface area contributed by atoms with Gasteiger partial charge in [-0.25, -0.2) is 0 Å². The van der Waals surface area contributed by atoms with Gasteiger partial charge in [0.2, 0.25) is 0 Å². The Balaban J connectivity index is 1.91. The number of aromatic nitrogens is 1.